The number of para-hydroxylation sites is 1. The van der Waals surface area contributed by atoms with Crippen LogP contribution in [-0.4, -0.2) is 41.0 Å². The van der Waals surface area contributed by atoms with Gasteiger partial charge in [-0.25, -0.2) is 0 Å². The standard InChI is InChI=1S/C14H15N3O3/c15-8-10-4-1-2-5-11(10)16-13(18)9-17-7-3-6-12(17)14(19)20/h1-2,4-5,12H,3,6-7,9H2,(H,16,18)(H,19,20). The fourth-order valence-electron chi connectivity index (χ4n) is 2.36. The molecule has 1 fully saturated rings. The number of carboxylic acids is 1. The van der Waals surface area contributed by atoms with E-state index in [-0.39, 0.29) is 12.5 Å². The number of carboxylic acid groups (broad SMARTS) is 1. The van der Waals surface area contributed by atoms with Gasteiger partial charge >= 0.3 is 5.97 Å². The maximum atomic E-state index is 11.9. The molecule has 0 spiro atoms. The molecule has 1 aromatic carbocycles. The summed E-state index contributed by atoms with van der Waals surface area (Å²) in [6, 6.07) is 8.12. The van der Waals surface area contributed by atoms with Crippen molar-refractivity contribution >= 4 is 17.6 Å². The smallest absolute Gasteiger partial charge is 0.320 e. The van der Waals surface area contributed by atoms with E-state index in [1.807, 2.05) is 6.07 Å². The number of likely N-dealkylation sites (tertiary alicyclic amines) is 1. The average molecular weight is 273 g/mol. The third-order valence-corrected chi connectivity index (χ3v) is 3.32. The summed E-state index contributed by atoms with van der Waals surface area (Å²) < 4.78 is 0. The van der Waals surface area contributed by atoms with Crippen molar-refractivity contribution < 1.29 is 14.7 Å². The number of benzene rings is 1. The molecule has 0 saturated carbocycles. The van der Waals surface area contributed by atoms with E-state index in [1.165, 1.54) is 0 Å². The van der Waals surface area contributed by atoms with Crippen LogP contribution in [0.5, 0.6) is 0 Å². The number of anilines is 1. The van der Waals surface area contributed by atoms with Crippen LogP contribution in [0.2, 0.25) is 0 Å². The van der Waals surface area contributed by atoms with Crippen LogP contribution in [0.15, 0.2) is 24.3 Å². The number of nitrogens with one attached hydrogen (secondary N) is 1. The molecule has 20 heavy (non-hydrogen) atoms. The largest absolute Gasteiger partial charge is 0.480 e. The van der Waals surface area contributed by atoms with E-state index in [4.69, 9.17) is 10.4 Å². The molecule has 1 heterocycles. The van der Waals surface area contributed by atoms with Gasteiger partial charge in [0.15, 0.2) is 0 Å². The zero-order chi connectivity index (χ0) is 14.5. The Bertz CT molecular complexity index is 565. The van der Waals surface area contributed by atoms with E-state index < -0.39 is 12.0 Å². The second-order valence-corrected chi connectivity index (χ2v) is 4.67. The van der Waals surface area contributed by atoms with Crippen molar-refractivity contribution in [1.29, 1.82) is 5.26 Å². The molecule has 2 N–H and O–H groups in total. The molecule has 104 valence electrons. The zero-order valence-electron chi connectivity index (χ0n) is 10.9. The minimum atomic E-state index is -0.896. The predicted molar refractivity (Wildman–Crippen MR) is 72.0 cm³/mol. The van der Waals surface area contributed by atoms with Gasteiger partial charge in [-0.2, -0.15) is 5.26 Å². The van der Waals surface area contributed by atoms with Gasteiger partial charge in [-0.15, -0.1) is 0 Å². The molecule has 1 aromatic rings. The van der Waals surface area contributed by atoms with E-state index in [9.17, 15) is 9.59 Å². The number of rotatable bonds is 4. The van der Waals surface area contributed by atoms with Gasteiger partial charge in [0.1, 0.15) is 12.1 Å². The predicted octanol–water partition coefficient (Wildman–Crippen LogP) is 1.05. The molecule has 6 nitrogen and oxygen atoms in total. The van der Waals surface area contributed by atoms with Crippen LogP contribution in [0.4, 0.5) is 5.69 Å². The fraction of sp³-hybridized carbons (Fsp3) is 0.357. The highest BCUT2D eigenvalue weighted by molar-refractivity contribution is 5.93. The third kappa shape index (κ3) is 3.13. The highest BCUT2D eigenvalue weighted by Crippen LogP contribution is 2.18. The number of hydrogen-bond acceptors (Lipinski definition) is 4. The molecular formula is C14H15N3O3. The number of carbonyl (C=O) groups is 2. The number of amides is 1. The minimum Gasteiger partial charge on any atom is -0.480 e. The molecule has 1 amide bonds. The van der Waals surface area contributed by atoms with Crippen LogP contribution in [0.25, 0.3) is 0 Å². The fourth-order valence-corrected chi connectivity index (χ4v) is 2.36. The van der Waals surface area contributed by atoms with Crippen LogP contribution in [0.1, 0.15) is 18.4 Å². The maximum Gasteiger partial charge on any atom is 0.320 e. The first-order chi connectivity index (χ1) is 9.61. The number of nitrogens with zero attached hydrogens (tertiary/aromatic N) is 2. The summed E-state index contributed by atoms with van der Waals surface area (Å²) >= 11 is 0. The molecule has 2 rings (SSSR count). The topological polar surface area (TPSA) is 93.4 Å². The lowest BCUT2D eigenvalue weighted by atomic mass is 10.2. The first-order valence-corrected chi connectivity index (χ1v) is 6.37. The quantitative estimate of drug-likeness (QED) is 0.855. The van der Waals surface area contributed by atoms with E-state index in [0.29, 0.717) is 24.2 Å². The lowest BCUT2D eigenvalue weighted by Crippen LogP contribution is -2.40. The van der Waals surface area contributed by atoms with Gasteiger partial charge in [-0.3, -0.25) is 14.5 Å². The van der Waals surface area contributed by atoms with Crippen molar-refractivity contribution in [2.75, 3.05) is 18.4 Å². The molecule has 1 unspecified atom stereocenters. The lowest BCUT2D eigenvalue weighted by molar-refractivity contribution is -0.142. The monoisotopic (exact) mass is 273 g/mol. The molecule has 0 aromatic heterocycles. The summed E-state index contributed by atoms with van der Waals surface area (Å²) in [7, 11) is 0. The minimum absolute atomic E-state index is 0.0245. The highest BCUT2D eigenvalue weighted by Gasteiger charge is 2.31. The molecular weight excluding hydrogens is 258 g/mol. The Hall–Kier alpha value is -2.39. The van der Waals surface area contributed by atoms with Gasteiger partial charge in [0, 0.05) is 0 Å². The zero-order valence-corrected chi connectivity index (χ0v) is 10.9. The summed E-state index contributed by atoms with van der Waals surface area (Å²) in [5, 5.41) is 20.6. The van der Waals surface area contributed by atoms with E-state index in [1.54, 1.807) is 29.2 Å². The van der Waals surface area contributed by atoms with E-state index in [0.717, 1.165) is 6.42 Å². The Morgan fingerprint density at radius 2 is 2.20 bits per heavy atom. The van der Waals surface area contributed by atoms with Crippen LogP contribution >= 0.6 is 0 Å². The third-order valence-electron chi connectivity index (χ3n) is 3.32. The van der Waals surface area contributed by atoms with E-state index >= 15 is 0 Å². The summed E-state index contributed by atoms with van der Waals surface area (Å²) in [5.74, 6) is -1.20. The van der Waals surface area contributed by atoms with Crippen LogP contribution in [-0.2, 0) is 9.59 Å². The number of aliphatic carboxylic acids is 1. The summed E-state index contributed by atoms with van der Waals surface area (Å²) in [6.45, 7) is 0.626. The second kappa shape index (κ2) is 6.17. The molecule has 0 aliphatic carbocycles. The van der Waals surface area contributed by atoms with Gasteiger partial charge in [0.25, 0.3) is 0 Å². The molecule has 1 aliphatic heterocycles. The first kappa shape index (κ1) is 14.0. The Labute approximate surface area is 116 Å². The number of carbonyl (C=O) groups excluding carboxylic acids is 1. The van der Waals surface area contributed by atoms with Gasteiger partial charge in [-0.05, 0) is 31.5 Å². The molecule has 1 aliphatic rings. The van der Waals surface area contributed by atoms with Crippen molar-refractivity contribution in [2.45, 2.75) is 18.9 Å². The van der Waals surface area contributed by atoms with Crippen molar-refractivity contribution in [3.8, 4) is 6.07 Å². The Morgan fingerprint density at radius 1 is 1.45 bits per heavy atom. The van der Waals surface area contributed by atoms with Crippen LogP contribution < -0.4 is 5.32 Å². The molecule has 0 radical (unpaired) electrons. The van der Waals surface area contributed by atoms with Crippen molar-refractivity contribution in [2.24, 2.45) is 0 Å². The first-order valence-electron chi connectivity index (χ1n) is 6.37. The SMILES string of the molecule is N#Cc1ccccc1NC(=O)CN1CCCC1C(=O)O. The highest BCUT2D eigenvalue weighted by atomic mass is 16.4. The summed E-state index contributed by atoms with van der Waals surface area (Å²) in [4.78, 5) is 24.6. The number of hydrogen-bond donors (Lipinski definition) is 2. The molecule has 0 bridgehead atoms. The average Bonchev–Trinajstić information content (AvgIpc) is 2.87. The lowest BCUT2D eigenvalue weighted by Gasteiger charge is -2.20. The van der Waals surface area contributed by atoms with Crippen molar-refractivity contribution in [1.82, 2.24) is 4.90 Å². The normalized spacial score (nSPS) is 18.4. The van der Waals surface area contributed by atoms with E-state index in [2.05, 4.69) is 5.32 Å². The van der Waals surface area contributed by atoms with Crippen LogP contribution in [0, 0.1) is 11.3 Å². The molecule has 1 atom stereocenters. The van der Waals surface area contributed by atoms with Gasteiger partial charge in [0.2, 0.25) is 5.91 Å². The van der Waals surface area contributed by atoms with Gasteiger partial charge < -0.3 is 10.4 Å². The Balaban J connectivity index is 1.99. The van der Waals surface area contributed by atoms with Crippen molar-refractivity contribution in [3.63, 3.8) is 0 Å². The maximum absolute atomic E-state index is 11.9. The summed E-state index contributed by atoms with van der Waals surface area (Å²) in [5.41, 5.74) is 0.836. The Morgan fingerprint density at radius 3 is 2.90 bits per heavy atom. The van der Waals surface area contributed by atoms with Gasteiger partial charge in [0.05, 0.1) is 17.8 Å². The Kier molecular flexibility index (Phi) is 4.33. The number of nitriles is 1. The van der Waals surface area contributed by atoms with Gasteiger partial charge in [-0.1, -0.05) is 12.1 Å². The van der Waals surface area contributed by atoms with Crippen LogP contribution in [0.3, 0.4) is 0 Å². The van der Waals surface area contributed by atoms with Crippen molar-refractivity contribution in [3.05, 3.63) is 29.8 Å². The second-order valence-electron chi connectivity index (χ2n) is 4.67. The molecule has 1 saturated heterocycles. The summed E-state index contributed by atoms with van der Waals surface area (Å²) in [6.07, 6.45) is 1.34. The molecule has 6 heteroatoms.